The maximum atomic E-state index is 13.1. The third-order valence-corrected chi connectivity index (χ3v) is 9.30. The summed E-state index contributed by atoms with van der Waals surface area (Å²) >= 11 is 0. The third kappa shape index (κ3) is 7.46. The SMILES string of the molecule is [C-]#[N+]c1ccc(OC2CCN(C(=O)c3ccc(C(=O)CC4CCN(Cc5ccc(N6CCCC6)cc5)CC4)cn3)CC2)cc1. The number of likely N-dealkylation sites (tertiary alicyclic amines) is 2. The van der Waals surface area contributed by atoms with Crippen LogP contribution in [0.3, 0.4) is 0 Å². The molecular formula is C36H41N5O3. The predicted octanol–water partition coefficient (Wildman–Crippen LogP) is 6.40. The Kier molecular flexibility index (Phi) is 9.52. The summed E-state index contributed by atoms with van der Waals surface area (Å²) in [6, 6.07) is 19.6. The number of ether oxygens (including phenoxy) is 1. The molecule has 0 spiro atoms. The highest BCUT2D eigenvalue weighted by molar-refractivity contribution is 5.97. The molecule has 3 saturated heterocycles. The normalized spacial score (nSPS) is 18.2. The first-order valence-corrected chi connectivity index (χ1v) is 16.0. The van der Waals surface area contributed by atoms with Gasteiger partial charge in [0.05, 0.1) is 6.57 Å². The largest absolute Gasteiger partial charge is 0.490 e. The first-order valence-electron chi connectivity index (χ1n) is 16.0. The van der Waals surface area contributed by atoms with E-state index in [0.29, 0.717) is 42.4 Å². The van der Waals surface area contributed by atoms with Crippen LogP contribution in [0.5, 0.6) is 5.75 Å². The lowest BCUT2D eigenvalue weighted by atomic mass is 9.90. The van der Waals surface area contributed by atoms with Crippen molar-refractivity contribution >= 4 is 23.1 Å². The van der Waals surface area contributed by atoms with Crippen LogP contribution in [-0.4, -0.2) is 71.8 Å². The van der Waals surface area contributed by atoms with Crippen molar-refractivity contribution in [1.82, 2.24) is 14.8 Å². The molecule has 8 heteroatoms. The molecule has 3 aliphatic heterocycles. The molecule has 4 heterocycles. The summed E-state index contributed by atoms with van der Waals surface area (Å²) in [5, 5.41) is 0. The second-order valence-corrected chi connectivity index (χ2v) is 12.4. The van der Waals surface area contributed by atoms with Gasteiger partial charge < -0.3 is 14.5 Å². The van der Waals surface area contributed by atoms with Gasteiger partial charge in [-0.2, -0.15) is 0 Å². The van der Waals surface area contributed by atoms with Crippen LogP contribution in [0.1, 0.15) is 71.4 Å². The number of aromatic nitrogens is 1. The Morgan fingerprint density at radius 3 is 2.18 bits per heavy atom. The van der Waals surface area contributed by atoms with Crippen molar-refractivity contribution in [2.75, 3.05) is 44.2 Å². The first kappa shape index (κ1) is 29.8. The number of carbonyl (C=O) groups excluding carboxylic acids is 2. The molecule has 0 radical (unpaired) electrons. The maximum Gasteiger partial charge on any atom is 0.272 e. The number of hydrogen-bond acceptors (Lipinski definition) is 6. The van der Waals surface area contributed by atoms with Crippen LogP contribution in [0.15, 0.2) is 66.9 Å². The van der Waals surface area contributed by atoms with Crippen LogP contribution in [0.2, 0.25) is 0 Å². The molecular weight excluding hydrogens is 550 g/mol. The van der Waals surface area contributed by atoms with Gasteiger partial charge in [-0.3, -0.25) is 19.5 Å². The Balaban J connectivity index is 0.919. The van der Waals surface area contributed by atoms with Crippen LogP contribution in [0, 0.1) is 12.5 Å². The maximum absolute atomic E-state index is 13.1. The molecule has 228 valence electrons. The zero-order valence-corrected chi connectivity index (χ0v) is 25.4. The van der Waals surface area contributed by atoms with Crippen LogP contribution in [0.4, 0.5) is 11.4 Å². The average Bonchev–Trinajstić information content (AvgIpc) is 3.62. The van der Waals surface area contributed by atoms with E-state index in [-0.39, 0.29) is 17.8 Å². The number of nitrogens with zero attached hydrogens (tertiary/aromatic N) is 5. The van der Waals surface area contributed by atoms with E-state index in [1.807, 2.05) is 17.0 Å². The molecule has 0 aliphatic carbocycles. The van der Waals surface area contributed by atoms with Crippen molar-refractivity contribution in [2.45, 2.75) is 57.6 Å². The number of carbonyl (C=O) groups is 2. The molecule has 0 N–H and O–H groups in total. The Bertz CT molecular complexity index is 1440. The summed E-state index contributed by atoms with van der Waals surface area (Å²) in [5.74, 6) is 1.12. The summed E-state index contributed by atoms with van der Waals surface area (Å²) in [5.41, 5.74) is 4.23. The number of amides is 1. The summed E-state index contributed by atoms with van der Waals surface area (Å²) in [4.78, 5) is 40.7. The number of piperidine rings is 2. The molecule has 0 unspecified atom stereocenters. The zero-order chi connectivity index (χ0) is 30.3. The number of pyridine rings is 1. The summed E-state index contributed by atoms with van der Waals surface area (Å²) in [6.07, 6.45) is 8.22. The summed E-state index contributed by atoms with van der Waals surface area (Å²) < 4.78 is 6.05. The fourth-order valence-corrected chi connectivity index (χ4v) is 6.59. The third-order valence-electron chi connectivity index (χ3n) is 9.30. The molecule has 3 aliphatic rings. The van der Waals surface area contributed by atoms with Crippen molar-refractivity contribution in [1.29, 1.82) is 0 Å². The fraction of sp³-hybridized carbons (Fsp3) is 0.444. The smallest absolute Gasteiger partial charge is 0.272 e. The second-order valence-electron chi connectivity index (χ2n) is 12.4. The monoisotopic (exact) mass is 591 g/mol. The zero-order valence-electron chi connectivity index (χ0n) is 25.4. The van der Waals surface area contributed by atoms with Crippen molar-refractivity contribution in [3.63, 3.8) is 0 Å². The van der Waals surface area contributed by atoms with Gasteiger partial charge in [0.1, 0.15) is 17.5 Å². The highest BCUT2D eigenvalue weighted by Gasteiger charge is 2.26. The van der Waals surface area contributed by atoms with E-state index in [1.54, 1.807) is 30.5 Å². The lowest BCUT2D eigenvalue weighted by Crippen LogP contribution is -2.42. The minimum atomic E-state index is -0.109. The number of Topliss-reactive ketones (excluding diaryl/α,β-unsaturated/α-hetero) is 1. The molecule has 1 aromatic heterocycles. The highest BCUT2D eigenvalue weighted by Crippen LogP contribution is 2.26. The minimum Gasteiger partial charge on any atom is -0.490 e. The van der Waals surface area contributed by atoms with Gasteiger partial charge in [-0.05, 0) is 86.7 Å². The molecule has 3 fully saturated rings. The van der Waals surface area contributed by atoms with E-state index in [2.05, 4.69) is 43.9 Å². The quantitative estimate of drug-likeness (QED) is 0.212. The topological polar surface area (TPSA) is 70.3 Å². The molecule has 1 amide bonds. The molecule has 8 nitrogen and oxygen atoms in total. The number of anilines is 1. The molecule has 0 atom stereocenters. The van der Waals surface area contributed by atoms with Gasteiger partial charge in [-0.15, -0.1) is 0 Å². The van der Waals surface area contributed by atoms with E-state index in [4.69, 9.17) is 11.3 Å². The molecule has 6 rings (SSSR count). The Morgan fingerprint density at radius 2 is 1.55 bits per heavy atom. The van der Waals surface area contributed by atoms with Gasteiger partial charge in [-0.1, -0.05) is 24.3 Å². The van der Waals surface area contributed by atoms with E-state index in [0.717, 1.165) is 51.1 Å². The minimum absolute atomic E-state index is 0.0313. The van der Waals surface area contributed by atoms with Gasteiger partial charge in [0.15, 0.2) is 11.5 Å². The standard InChI is InChI=1S/C36H41N5O3/c1-37-30-7-11-32(12-8-30)44-33-16-22-41(23-17-33)36(43)34-13-6-29(25-38-34)35(42)24-27-14-20-39(21-15-27)26-28-4-9-31(10-5-28)40-18-2-3-19-40/h4-13,25,27,33H,2-3,14-24,26H2. The van der Waals surface area contributed by atoms with E-state index < -0.39 is 0 Å². The number of rotatable bonds is 9. The van der Waals surface area contributed by atoms with Gasteiger partial charge in [0, 0.05) is 69.4 Å². The second kappa shape index (κ2) is 14.0. The first-order chi connectivity index (χ1) is 21.5. The van der Waals surface area contributed by atoms with Gasteiger partial charge in [0.25, 0.3) is 5.91 Å². The van der Waals surface area contributed by atoms with Crippen LogP contribution in [-0.2, 0) is 6.54 Å². The van der Waals surface area contributed by atoms with E-state index in [9.17, 15) is 9.59 Å². The summed E-state index contributed by atoms with van der Waals surface area (Å²) in [6.45, 7) is 13.6. The van der Waals surface area contributed by atoms with Crippen LogP contribution < -0.4 is 9.64 Å². The molecule has 2 aromatic carbocycles. The van der Waals surface area contributed by atoms with Crippen molar-refractivity contribution in [3.8, 4) is 5.75 Å². The molecule has 3 aromatic rings. The van der Waals surface area contributed by atoms with Crippen molar-refractivity contribution in [2.24, 2.45) is 5.92 Å². The molecule has 44 heavy (non-hydrogen) atoms. The van der Waals surface area contributed by atoms with Crippen molar-refractivity contribution < 1.29 is 14.3 Å². The Labute approximate surface area is 260 Å². The lowest BCUT2D eigenvalue weighted by Gasteiger charge is -2.32. The number of benzene rings is 2. The van der Waals surface area contributed by atoms with Crippen LogP contribution in [0.25, 0.3) is 4.85 Å². The lowest BCUT2D eigenvalue weighted by molar-refractivity contribution is 0.0589. The van der Waals surface area contributed by atoms with Gasteiger partial charge >= 0.3 is 0 Å². The van der Waals surface area contributed by atoms with E-state index in [1.165, 1.54) is 37.2 Å². The molecule has 0 bridgehead atoms. The fourth-order valence-electron chi connectivity index (χ4n) is 6.59. The number of hydrogen-bond donors (Lipinski definition) is 0. The van der Waals surface area contributed by atoms with Crippen molar-refractivity contribution in [3.05, 3.63) is 95.1 Å². The van der Waals surface area contributed by atoms with Gasteiger partial charge in [-0.25, -0.2) is 4.85 Å². The predicted molar refractivity (Wildman–Crippen MR) is 171 cm³/mol. The Hall–Kier alpha value is -4.22. The summed E-state index contributed by atoms with van der Waals surface area (Å²) in [7, 11) is 0. The molecule has 0 saturated carbocycles. The Morgan fingerprint density at radius 1 is 0.841 bits per heavy atom. The number of ketones is 1. The van der Waals surface area contributed by atoms with Gasteiger partial charge in [0.2, 0.25) is 0 Å². The van der Waals surface area contributed by atoms with E-state index >= 15 is 0 Å². The van der Waals surface area contributed by atoms with Crippen LogP contribution >= 0.6 is 0 Å². The average molecular weight is 592 g/mol. The highest BCUT2D eigenvalue weighted by atomic mass is 16.5.